The molecule has 1 aliphatic rings. The summed E-state index contributed by atoms with van der Waals surface area (Å²) in [5.41, 5.74) is 1.43. The van der Waals surface area contributed by atoms with Gasteiger partial charge in [0.15, 0.2) is 5.58 Å². The summed E-state index contributed by atoms with van der Waals surface area (Å²) in [4.78, 5) is 25.6. The summed E-state index contributed by atoms with van der Waals surface area (Å²) in [5, 5.41) is 12.3. The molecule has 106 valence electrons. The number of hydrogen-bond acceptors (Lipinski definition) is 4. The van der Waals surface area contributed by atoms with Crippen molar-refractivity contribution in [2.24, 2.45) is 5.92 Å². The first kappa shape index (κ1) is 12.9. The summed E-state index contributed by atoms with van der Waals surface area (Å²) < 4.78 is 4.89. The lowest BCUT2D eigenvalue weighted by Gasteiger charge is -2.10. The van der Waals surface area contributed by atoms with Crippen molar-refractivity contribution < 1.29 is 14.3 Å². The molecular weight excluding hydrogens is 260 g/mol. The van der Waals surface area contributed by atoms with Crippen LogP contribution in [0.2, 0.25) is 0 Å². The van der Waals surface area contributed by atoms with Crippen molar-refractivity contribution in [2.45, 2.75) is 25.4 Å². The number of amides is 1. The van der Waals surface area contributed by atoms with Crippen LogP contribution in [0, 0.1) is 5.92 Å². The number of benzene rings is 1. The molecule has 0 saturated heterocycles. The number of carbonyl (C=O) groups is 1. The van der Waals surface area contributed by atoms with Gasteiger partial charge in [-0.1, -0.05) is 0 Å². The largest absolute Gasteiger partial charge is 0.417 e. The Kier molecular flexibility index (Phi) is 3.31. The summed E-state index contributed by atoms with van der Waals surface area (Å²) in [6, 6.07) is 4.82. The fraction of sp³-hybridized carbons (Fsp3) is 0.429. The van der Waals surface area contributed by atoms with Crippen molar-refractivity contribution in [3.05, 3.63) is 34.3 Å². The molecule has 2 atom stereocenters. The standard InChI is InChI=1S/C14H16N2O4/c17-10-3-1-8(5-10)7-15-13(18)9-2-4-12-11(6-9)16-14(19)20-12/h2,4,6,8,10,17H,1,3,5,7H2,(H,15,18)(H,16,19). The van der Waals surface area contributed by atoms with Crippen LogP contribution in [0.1, 0.15) is 29.6 Å². The quantitative estimate of drug-likeness (QED) is 0.779. The van der Waals surface area contributed by atoms with E-state index in [0.29, 0.717) is 29.1 Å². The minimum Gasteiger partial charge on any atom is -0.408 e. The van der Waals surface area contributed by atoms with E-state index >= 15 is 0 Å². The summed E-state index contributed by atoms with van der Waals surface area (Å²) in [6.45, 7) is 0.565. The van der Waals surface area contributed by atoms with Crippen molar-refractivity contribution in [3.63, 3.8) is 0 Å². The normalized spacial score (nSPS) is 22.2. The van der Waals surface area contributed by atoms with E-state index in [1.165, 1.54) is 0 Å². The van der Waals surface area contributed by atoms with Gasteiger partial charge < -0.3 is 14.8 Å². The monoisotopic (exact) mass is 276 g/mol. The molecule has 0 spiro atoms. The maximum Gasteiger partial charge on any atom is 0.417 e. The first-order valence-corrected chi connectivity index (χ1v) is 6.71. The van der Waals surface area contributed by atoms with Gasteiger partial charge in [-0.05, 0) is 43.4 Å². The summed E-state index contributed by atoms with van der Waals surface area (Å²) in [7, 11) is 0. The number of rotatable bonds is 3. The molecule has 1 amide bonds. The molecule has 6 heteroatoms. The lowest BCUT2D eigenvalue weighted by Crippen LogP contribution is -2.28. The average molecular weight is 276 g/mol. The zero-order valence-corrected chi connectivity index (χ0v) is 10.9. The Bertz CT molecular complexity index is 688. The van der Waals surface area contributed by atoms with Gasteiger partial charge in [0.25, 0.3) is 5.91 Å². The number of aliphatic hydroxyl groups is 1. The molecule has 1 saturated carbocycles. The van der Waals surface area contributed by atoms with Crippen LogP contribution in [0.5, 0.6) is 0 Å². The minimum atomic E-state index is -0.530. The Morgan fingerprint density at radius 2 is 2.30 bits per heavy atom. The number of aromatic amines is 1. The molecule has 2 aromatic rings. The van der Waals surface area contributed by atoms with E-state index in [-0.39, 0.29) is 12.0 Å². The molecule has 1 aliphatic carbocycles. The molecule has 3 rings (SSSR count). The number of aliphatic hydroxyl groups excluding tert-OH is 1. The first-order valence-electron chi connectivity index (χ1n) is 6.71. The number of oxazole rings is 1. The highest BCUT2D eigenvalue weighted by molar-refractivity contribution is 5.97. The third-order valence-electron chi connectivity index (χ3n) is 3.75. The summed E-state index contributed by atoms with van der Waals surface area (Å²) in [6.07, 6.45) is 2.26. The van der Waals surface area contributed by atoms with Gasteiger partial charge in [-0.25, -0.2) is 4.79 Å². The Labute approximate surface area is 114 Å². The van der Waals surface area contributed by atoms with E-state index in [1.807, 2.05) is 0 Å². The molecular formula is C14H16N2O4. The van der Waals surface area contributed by atoms with E-state index < -0.39 is 5.76 Å². The molecule has 1 fully saturated rings. The second-order valence-electron chi connectivity index (χ2n) is 5.27. The van der Waals surface area contributed by atoms with Crippen LogP contribution in [0.15, 0.2) is 27.4 Å². The van der Waals surface area contributed by atoms with Gasteiger partial charge >= 0.3 is 5.76 Å². The number of aromatic nitrogens is 1. The maximum atomic E-state index is 12.0. The Hall–Kier alpha value is -2.08. The lowest BCUT2D eigenvalue weighted by atomic mass is 10.1. The Morgan fingerprint density at radius 3 is 3.05 bits per heavy atom. The third kappa shape index (κ3) is 2.60. The van der Waals surface area contributed by atoms with E-state index in [9.17, 15) is 14.7 Å². The van der Waals surface area contributed by atoms with Crippen molar-refractivity contribution in [3.8, 4) is 0 Å². The molecule has 2 unspecified atom stereocenters. The molecule has 6 nitrogen and oxygen atoms in total. The van der Waals surface area contributed by atoms with Gasteiger partial charge in [-0.15, -0.1) is 0 Å². The molecule has 0 radical (unpaired) electrons. The van der Waals surface area contributed by atoms with E-state index in [4.69, 9.17) is 4.42 Å². The van der Waals surface area contributed by atoms with Crippen LogP contribution < -0.4 is 11.1 Å². The predicted molar refractivity (Wildman–Crippen MR) is 72.5 cm³/mol. The number of hydrogen-bond donors (Lipinski definition) is 3. The van der Waals surface area contributed by atoms with E-state index in [2.05, 4.69) is 10.3 Å². The van der Waals surface area contributed by atoms with Crippen molar-refractivity contribution in [1.29, 1.82) is 0 Å². The highest BCUT2D eigenvalue weighted by Gasteiger charge is 2.23. The van der Waals surface area contributed by atoms with Crippen molar-refractivity contribution >= 4 is 17.0 Å². The number of nitrogens with one attached hydrogen (secondary N) is 2. The molecule has 0 aliphatic heterocycles. The topological polar surface area (TPSA) is 95.3 Å². The fourth-order valence-electron chi connectivity index (χ4n) is 2.67. The minimum absolute atomic E-state index is 0.185. The third-order valence-corrected chi connectivity index (χ3v) is 3.75. The van der Waals surface area contributed by atoms with Gasteiger partial charge in [0.1, 0.15) is 0 Å². The van der Waals surface area contributed by atoms with Gasteiger partial charge in [0, 0.05) is 12.1 Å². The first-order chi connectivity index (χ1) is 9.61. The molecule has 1 heterocycles. The van der Waals surface area contributed by atoms with Gasteiger partial charge in [-0.2, -0.15) is 0 Å². The molecule has 0 bridgehead atoms. The lowest BCUT2D eigenvalue weighted by molar-refractivity contribution is 0.0945. The average Bonchev–Trinajstić information content (AvgIpc) is 2.99. The second-order valence-corrected chi connectivity index (χ2v) is 5.27. The maximum absolute atomic E-state index is 12.0. The van der Waals surface area contributed by atoms with Crippen LogP contribution in [0.3, 0.4) is 0 Å². The SMILES string of the molecule is O=C(NCC1CCC(O)C1)c1ccc2oc(=O)[nH]c2c1. The fourth-order valence-corrected chi connectivity index (χ4v) is 2.67. The Balaban J connectivity index is 1.67. The number of H-pyrrole nitrogens is 1. The van der Waals surface area contributed by atoms with E-state index in [1.54, 1.807) is 18.2 Å². The highest BCUT2D eigenvalue weighted by atomic mass is 16.4. The Morgan fingerprint density at radius 1 is 1.45 bits per heavy atom. The molecule has 1 aromatic heterocycles. The molecule has 1 aromatic carbocycles. The summed E-state index contributed by atoms with van der Waals surface area (Å²) >= 11 is 0. The van der Waals surface area contributed by atoms with Gasteiger partial charge in [0.05, 0.1) is 11.6 Å². The molecule has 3 N–H and O–H groups in total. The highest BCUT2D eigenvalue weighted by Crippen LogP contribution is 2.24. The van der Waals surface area contributed by atoms with Crippen molar-refractivity contribution in [2.75, 3.05) is 6.54 Å². The smallest absolute Gasteiger partial charge is 0.408 e. The van der Waals surface area contributed by atoms with E-state index in [0.717, 1.165) is 19.3 Å². The van der Waals surface area contributed by atoms with Crippen LogP contribution >= 0.6 is 0 Å². The zero-order chi connectivity index (χ0) is 14.1. The van der Waals surface area contributed by atoms with Crippen LogP contribution in [0.4, 0.5) is 0 Å². The van der Waals surface area contributed by atoms with Crippen LogP contribution in [-0.2, 0) is 0 Å². The van der Waals surface area contributed by atoms with Crippen LogP contribution in [0.25, 0.3) is 11.1 Å². The molecule has 20 heavy (non-hydrogen) atoms. The zero-order valence-electron chi connectivity index (χ0n) is 10.9. The van der Waals surface area contributed by atoms with Crippen molar-refractivity contribution in [1.82, 2.24) is 10.3 Å². The number of carbonyl (C=O) groups excluding carboxylic acids is 1. The van der Waals surface area contributed by atoms with Gasteiger partial charge in [-0.3, -0.25) is 9.78 Å². The van der Waals surface area contributed by atoms with Gasteiger partial charge in [0.2, 0.25) is 0 Å². The number of fused-ring (bicyclic) bond motifs is 1. The second kappa shape index (κ2) is 5.13. The summed E-state index contributed by atoms with van der Waals surface area (Å²) in [5.74, 6) is -0.376. The predicted octanol–water partition coefficient (Wildman–Crippen LogP) is 1.01. The van der Waals surface area contributed by atoms with Crippen LogP contribution in [-0.4, -0.2) is 28.6 Å².